The second-order valence-corrected chi connectivity index (χ2v) is 6.89. The number of rotatable bonds is 3. The standard InChI is InChI=1S/C16H15F3N2O3S/c17-16(18,19)9-4-2-1-3-8(9)7-20-14(23)11-12(22)13-10(5-6-25-13)21-15(11)24/h1-6,10-13,22H,7H2,(H,20,23)(H,21,24). The molecule has 5 nitrogen and oxygen atoms in total. The highest BCUT2D eigenvalue weighted by Gasteiger charge is 2.47. The summed E-state index contributed by atoms with van der Waals surface area (Å²) in [4.78, 5) is 24.4. The van der Waals surface area contributed by atoms with Crippen molar-refractivity contribution in [3.63, 3.8) is 0 Å². The number of benzene rings is 1. The summed E-state index contributed by atoms with van der Waals surface area (Å²) in [5.41, 5.74) is -0.955. The molecular weight excluding hydrogens is 357 g/mol. The number of aliphatic hydroxyl groups is 1. The van der Waals surface area contributed by atoms with E-state index in [-0.39, 0.29) is 23.4 Å². The minimum atomic E-state index is -4.54. The summed E-state index contributed by atoms with van der Waals surface area (Å²) >= 11 is 1.30. The van der Waals surface area contributed by atoms with Gasteiger partial charge in [-0.15, -0.1) is 11.8 Å². The monoisotopic (exact) mass is 372 g/mol. The Balaban J connectivity index is 1.70. The van der Waals surface area contributed by atoms with E-state index in [0.717, 1.165) is 6.07 Å². The van der Waals surface area contributed by atoms with Gasteiger partial charge in [0.25, 0.3) is 0 Å². The number of alkyl halides is 3. The van der Waals surface area contributed by atoms with Gasteiger partial charge in [0, 0.05) is 6.54 Å². The first kappa shape index (κ1) is 17.8. The fraction of sp³-hybridized carbons (Fsp3) is 0.375. The Labute approximate surface area is 145 Å². The van der Waals surface area contributed by atoms with Crippen molar-refractivity contribution >= 4 is 23.6 Å². The third-order valence-corrected chi connectivity index (χ3v) is 5.40. The lowest BCUT2D eigenvalue weighted by molar-refractivity contribution is -0.144. The second-order valence-electron chi connectivity index (χ2n) is 5.80. The molecule has 0 aromatic heterocycles. The molecule has 0 spiro atoms. The zero-order valence-corrected chi connectivity index (χ0v) is 13.6. The zero-order valence-electron chi connectivity index (χ0n) is 12.8. The van der Waals surface area contributed by atoms with E-state index in [4.69, 9.17) is 0 Å². The normalized spacial score (nSPS) is 28.4. The minimum Gasteiger partial charge on any atom is -0.390 e. The van der Waals surface area contributed by atoms with Crippen LogP contribution in [0.25, 0.3) is 0 Å². The molecule has 2 aliphatic rings. The molecule has 2 amide bonds. The van der Waals surface area contributed by atoms with Gasteiger partial charge < -0.3 is 15.7 Å². The van der Waals surface area contributed by atoms with Gasteiger partial charge in [-0.1, -0.05) is 24.3 Å². The predicted molar refractivity (Wildman–Crippen MR) is 85.2 cm³/mol. The molecule has 4 unspecified atom stereocenters. The number of halogens is 3. The van der Waals surface area contributed by atoms with E-state index in [1.807, 2.05) is 0 Å². The molecule has 9 heteroatoms. The van der Waals surface area contributed by atoms with Crippen molar-refractivity contribution in [1.29, 1.82) is 0 Å². The summed E-state index contributed by atoms with van der Waals surface area (Å²) in [6, 6.07) is 4.53. The van der Waals surface area contributed by atoms with Crippen molar-refractivity contribution in [3.8, 4) is 0 Å². The summed E-state index contributed by atoms with van der Waals surface area (Å²) < 4.78 is 38.9. The molecule has 0 aliphatic carbocycles. The molecule has 1 saturated heterocycles. The first-order valence-corrected chi connectivity index (χ1v) is 8.46. The fourth-order valence-electron chi connectivity index (χ4n) is 2.95. The Morgan fingerprint density at radius 3 is 2.76 bits per heavy atom. The summed E-state index contributed by atoms with van der Waals surface area (Å²) in [6.45, 7) is -0.384. The number of aliphatic hydroxyl groups excluding tert-OH is 1. The highest BCUT2D eigenvalue weighted by molar-refractivity contribution is 8.03. The predicted octanol–water partition coefficient (Wildman–Crippen LogP) is 1.43. The number of fused-ring (bicyclic) bond motifs is 1. The Hall–Kier alpha value is -2.00. The molecule has 2 heterocycles. The van der Waals surface area contributed by atoms with Crippen LogP contribution in [-0.4, -0.2) is 34.3 Å². The third kappa shape index (κ3) is 3.52. The number of carbonyl (C=O) groups is 2. The maximum Gasteiger partial charge on any atom is 0.416 e. The number of amides is 2. The van der Waals surface area contributed by atoms with Crippen LogP contribution in [0.5, 0.6) is 0 Å². The lowest BCUT2D eigenvalue weighted by Gasteiger charge is -2.35. The van der Waals surface area contributed by atoms with Crippen molar-refractivity contribution in [3.05, 3.63) is 46.9 Å². The Morgan fingerprint density at radius 2 is 2.04 bits per heavy atom. The lowest BCUT2D eigenvalue weighted by Crippen LogP contribution is -2.60. The van der Waals surface area contributed by atoms with E-state index in [9.17, 15) is 27.9 Å². The second kappa shape index (κ2) is 6.72. The van der Waals surface area contributed by atoms with Gasteiger partial charge in [-0.25, -0.2) is 0 Å². The van der Waals surface area contributed by atoms with Crippen molar-refractivity contribution in [2.24, 2.45) is 5.92 Å². The van der Waals surface area contributed by atoms with Crippen LogP contribution in [0.15, 0.2) is 35.7 Å². The molecule has 2 aliphatic heterocycles. The largest absolute Gasteiger partial charge is 0.416 e. The average Bonchev–Trinajstić information content (AvgIpc) is 3.01. The van der Waals surface area contributed by atoms with Gasteiger partial charge in [0.05, 0.1) is 23.0 Å². The molecular formula is C16H15F3N2O3S. The van der Waals surface area contributed by atoms with E-state index in [1.165, 1.54) is 30.0 Å². The molecule has 3 rings (SSSR count). The van der Waals surface area contributed by atoms with Crippen LogP contribution in [-0.2, 0) is 22.3 Å². The summed E-state index contributed by atoms with van der Waals surface area (Å²) in [6.07, 6.45) is -4.02. The molecule has 0 bridgehead atoms. The van der Waals surface area contributed by atoms with E-state index >= 15 is 0 Å². The first-order chi connectivity index (χ1) is 11.8. The van der Waals surface area contributed by atoms with Crippen LogP contribution in [0, 0.1) is 5.92 Å². The van der Waals surface area contributed by atoms with Crippen molar-refractivity contribution < 1.29 is 27.9 Å². The van der Waals surface area contributed by atoms with Gasteiger partial charge in [0.2, 0.25) is 11.8 Å². The average molecular weight is 372 g/mol. The maximum atomic E-state index is 13.0. The first-order valence-electron chi connectivity index (χ1n) is 7.52. The Kier molecular flexibility index (Phi) is 4.79. The van der Waals surface area contributed by atoms with Gasteiger partial charge in [0.15, 0.2) is 0 Å². The highest BCUT2D eigenvalue weighted by atomic mass is 32.2. The zero-order chi connectivity index (χ0) is 18.2. The van der Waals surface area contributed by atoms with Crippen molar-refractivity contribution in [2.75, 3.05) is 0 Å². The van der Waals surface area contributed by atoms with E-state index in [2.05, 4.69) is 10.6 Å². The molecule has 1 aromatic rings. The van der Waals surface area contributed by atoms with Crippen LogP contribution in [0.4, 0.5) is 13.2 Å². The summed E-state index contributed by atoms with van der Waals surface area (Å²) in [5, 5.41) is 16.6. The molecule has 3 N–H and O–H groups in total. The van der Waals surface area contributed by atoms with E-state index < -0.39 is 35.6 Å². The third-order valence-electron chi connectivity index (χ3n) is 4.20. The topological polar surface area (TPSA) is 78.4 Å². The molecule has 134 valence electrons. The Morgan fingerprint density at radius 1 is 1.32 bits per heavy atom. The number of piperidine rings is 1. The molecule has 4 atom stereocenters. The smallest absolute Gasteiger partial charge is 0.390 e. The maximum absolute atomic E-state index is 13.0. The summed E-state index contributed by atoms with van der Waals surface area (Å²) in [7, 11) is 0. The lowest BCUT2D eigenvalue weighted by atomic mass is 9.89. The fourth-order valence-corrected chi connectivity index (χ4v) is 4.04. The van der Waals surface area contributed by atoms with Gasteiger partial charge in [-0.3, -0.25) is 9.59 Å². The number of thioether (sulfide) groups is 1. The number of nitrogens with one attached hydrogen (secondary N) is 2. The Bertz CT molecular complexity index is 723. The highest BCUT2D eigenvalue weighted by Crippen LogP contribution is 2.34. The van der Waals surface area contributed by atoms with E-state index in [0.29, 0.717) is 0 Å². The van der Waals surface area contributed by atoms with Crippen LogP contribution in [0.3, 0.4) is 0 Å². The van der Waals surface area contributed by atoms with Crippen LogP contribution < -0.4 is 10.6 Å². The van der Waals surface area contributed by atoms with Gasteiger partial charge in [0.1, 0.15) is 5.92 Å². The van der Waals surface area contributed by atoms with Crippen molar-refractivity contribution in [2.45, 2.75) is 30.1 Å². The molecule has 25 heavy (non-hydrogen) atoms. The van der Waals surface area contributed by atoms with Gasteiger partial charge >= 0.3 is 6.18 Å². The summed E-state index contributed by atoms with van der Waals surface area (Å²) in [5.74, 6) is -2.79. The number of hydrogen-bond donors (Lipinski definition) is 3. The van der Waals surface area contributed by atoms with Crippen LogP contribution in [0.1, 0.15) is 11.1 Å². The molecule has 1 fully saturated rings. The number of carbonyl (C=O) groups excluding carboxylic acids is 2. The quantitative estimate of drug-likeness (QED) is 0.702. The molecule has 1 aromatic carbocycles. The molecule has 0 radical (unpaired) electrons. The van der Waals surface area contributed by atoms with E-state index in [1.54, 1.807) is 11.5 Å². The van der Waals surface area contributed by atoms with Crippen molar-refractivity contribution in [1.82, 2.24) is 10.6 Å². The minimum absolute atomic E-state index is 0.108. The van der Waals surface area contributed by atoms with Crippen LogP contribution in [0.2, 0.25) is 0 Å². The van der Waals surface area contributed by atoms with Gasteiger partial charge in [-0.2, -0.15) is 13.2 Å². The SMILES string of the molecule is O=C(NCc1ccccc1C(F)(F)F)C1C(=O)NC2C=CSC2C1O. The van der Waals surface area contributed by atoms with Crippen LogP contribution >= 0.6 is 11.8 Å². The van der Waals surface area contributed by atoms with Gasteiger partial charge in [-0.05, 0) is 17.0 Å². The molecule has 0 saturated carbocycles. The number of hydrogen-bond acceptors (Lipinski definition) is 4.